The lowest BCUT2D eigenvalue weighted by Gasteiger charge is -2.06. The van der Waals surface area contributed by atoms with Crippen molar-refractivity contribution < 1.29 is 18.8 Å². The number of oxime groups is 1. The van der Waals surface area contributed by atoms with E-state index >= 15 is 0 Å². The molecule has 4 N–H and O–H groups in total. The van der Waals surface area contributed by atoms with Gasteiger partial charge in [0.05, 0.1) is 0 Å². The summed E-state index contributed by atoms with van der Waals surface area (Å²) in [6.07, 6.45) is 1.54. The van der Waals surface area contributed by atoms with E-state index in [1.54, 1.807) is 0 Å². The molecule has 1 amide bonds. The molecule has 0 unspecified atom stereocenters. The van der Waals surface area contributed by atoms with E-state index in [2.05, 4.69) is 10.5 Å². The number of nitrogens with two attached hydrogens (primary N) is 1. The molecule has 0 radical (unpaired) electrons. The molecule has 5 nitrogen and oxygen atoms in total. The largest absolute Gasteiger partial charge is 0.409 e. The summed E-state index contributed by atoms with van der Waals surface area (Å²) in [7, 11) is 0. The Labute approximate surface area is 109 Å². The first-order valence-corrected chi connectivity index (χ1v) is 5.75. The average Bonchev–Trinajstić information content (AvgIpc) is 2.37. The van der Waals surface area contributed by atoms with Gasteiger partial charge in [-0.2, -0.15) is 0 Å². The highest BCUT2D eigenvalue weighted by atomic mass is 19.1. The van der Waals surface area contributed by atoms with Gasteiger partial charge in [-0.25, -0.2) is 8.78 Å². The number of amidine groups is 1. The number of carbonyl (C=O) groups is 1. The summed E-state index contributed by atoms with van der Waals surface area (Å²) in [4.78, 5) is 11.6. The fourth-order valence-corrected chi connectivity index (χ4v) is 1.49. The van der Waals surface area contributed by atoms with E-state index in [1.807, 2.05) is 0 Å². The maximum absolute atomic E-state index is 13.3. The van der Waals surface area contributed by atoms with Crippen molar-refractivity contribution in [2.45, 2.75) is 19.3 Å². The van der Waals surface area contributed by atoms with E-state index in [0.29, 0.717) is 19.3 Å². The number of benzene rings is 1. The summed E-state index contributed by atoms with van der Waals surface area (Å²) in [6, 6.07) is 3.24. The highest BCUT2D eigenvalue weighted by Crippen LogP contribution is 2.11. The van der Waals surface area contributed by atoms with Crippen molar-refractivity contribution in [3.05, 3.63) is 35.4 Å². The summed E-state index contributed by atoms with van der Waals surface area (Å²) in [5, 5.41) is 13.5. The standard InChI is InChI=1S/C12H15F2N3O2/c13-8-4-3-5-9(14)11(8)12(18)16-7-2-1-6-10(15)17-19/h3-5,19H,1-2,6-7H2,(H2,15,17)(H,16,18). The monoisotopic (exact) mass is 271 g/mol. The van der Waals surface area contributed by atoms with Crippen LogP contribution in [0.5, 0.6) is 0 Å². The third kappa shape index (κ3) is 4.53. The molecule has 0 aliphatic heterocycles. The Morgan fingerprint density at radius 1 is 1.32 bits per heavy atom. The van der Waals surface area contributed by atoms with Crippen molar-refractivity contribution in [1.82, 2.24) is 5.32 Å². The molecule has 1 aromatic carbocycles. The van der Waals surface area contributed by atoms with Crippen LogP contribution in [0.15, 0.2) is 23.4 Å². The highest BCUT2D eigenvalue weighted by Gasteiger charge is 2.15. The Bertz CT molecular complexity index is 458. The van der Waals surface area contributed by atoms with Crippen molar-refractivity contribution >= 4 is 11.7 Å². The van der Waals surface area contributed by atoms with Crippen LogP contribution in [0.2, 0.25) is 0 Å². The van der Waals surface area contributed by atoms with Crippen molar-refractivity contribution in [3.8, 4) is 0 Å². The van der Waals surface area contributed by atoms with Gasteiger partial charge < -0.3 is 16.3 Å². The number of unbranched alkanes of at least 4 members (excludes halogenated alkanes) is 1. The Balaban J connectivity index is 2.40. The number of rotatable bonds is 6. The molecule has 7 heteroatoms. The molecule has 1 rings (SSSR count). The maximum Gasteiger partial charge on any atom is 0.257 e. The first kappa shape index (κ1) is 14.9. The molecule has 19 heavy (non-hydrogen) atoms. The van der Waals surface area contributed by atoms with E-state index in [9.17, 15) is 13.6 Å². The highest BCUT2D eigenvalue weighted by molar-refractivity contribution is 5.94. The molecule has 0 atom stereocenters. The molecular formula is C12H15F2N3O2. The van der Waals surface area contributed by atoms with Crippen molar-refractivity contribution in [2.75, 3.05) is 6.54 Å². The molecule has 0 saturated heterocycles. The van der Waals surface area contributed by atoms with E-state index < -0.39 is 23.1 Å². The molecule has 104 valence electrons. The third-order valence-corrected chi connectivity index (χ3v) is 2.46. The van der Waals surface area contributed by atoms with E-state index in [4.69, 9.17) is 10.9 Å². The number of nitrogens with zero attached hydrogens (tertiary/aromatic N) is 1. The number of halogens is 2. The van der Waals surface area contributed by atoms with Gasteiger partial charge in [0.2, 0.25) is 0 Å². The minimum Gasteiger partial charge on any atom is -0.409 e. The molecule has 0 bridgehead atoms. The Morgan fingerprint density at radius 2 is 1.95 bits per heavy atom. The van der Waals surface area contributed by atoms with Gasteiger partial charge in [0, 0.05) is 13.0 Å². The fourth-order valence-electron chi connectivity index (χ4n) is 1.49. The SMILES string of the molecule is NC(CCCCNC(=O)c1c(F)cccc1F)=NO. The van der Waals surface area contributed by atoms with Crippen LogP contribution >= 0.6 is 0 Å². The maximum atomic E-state index is 13.3. The summed E-state index contributed by atoms with van der Waals surface area (Å²) < 4.78 is 26.5. The normalized spacial score (nSPS) is 11.4. The number of carbonyl (C=O) groups excluding carboxylic acids is 1. The number of amides is 1. The van der Waals surface area contributed by atoms with Gasteiger partial charge in [-0.3, -0.25) is 4.79 Å². The zero-order valence-corrected chi connectivity index (χ0v) is 10.2. The van der Waals surface area contributed by atoms with Crippen LogP contribution in [0.3, 0.4) is 0 Å². The molecule has 0 spiro atoms. The second kappa shape index (κ2) is 7.30. The Kier molecular flexibility index (Phi) is 5.72. The molecule has 0 aliphatic rings. The number of nitrogens with one attached hydrogen (secondary N) is 1. The number of hydrogen-bond acceptors (Lipinski definition) is 3. The van der Waals surface area contributed by atoms with Gasteiger partial charge in [0.15, 0.2) is 0 Å². The van der Waals surface area contributed by atoms with Crippen LogP contribution in [0.1, 0.15) is 29.6 Å². The quantitative estimate of drug-likeness (QED) is 0.241. The van der Waals surface area contributed by atoms with E-state index in [1.165, 1.54) is 6.07 Å². The lowest BCUT2D eigenvalue weighted by molar-refractivity contribution is 0.0944. The third-order valence-electron chi connectivity index (χ3n) is 2.46. The zero-order valence-electron chi connectivity index (χ0n) is 10.2. The number of hydrogen-bond donors (Lipinski definition) is 3. The van der Waals surface area contributed by atoms with Gasteiger partial charge >= 0.3 is 0 Å². The second-order valence-electron chi connectivity index (χ2n) is 3.90. The minimum atomic E-state index is -0.894. The van der Waals surface area contributed by atoms with Crippen LogP contribution in [0.4, 0.5) is 8.78 Å². The summed E-state index contributed by atoms with van der Waals surface area (Å²) >= 11 is 0. The first-order chi connectivity index (χ1) is 9.06. The average molecular weight is 271 g/mol. The molecule has 0 heterocycles. The van der Waals surface area contributed by atoms with Gasteiger partial charge in [-0.05, 0) is 25.0 Å². The predicted octanol–water partition coefficient (Wildman–Crippen LogP) is 1.61. The van der Waals surface area contributed by atoms with Crippen LogP contribution in [0, 0.1) is 11.6 Å². The minimum absolute atomic E-state index is 0.103. The molecular weight excluding hydrogens is 256 g/mol. The van der Waals surface area contributed by atoms with Crippen molar-refractivity contribution in [1.29, 1.82) is 0 Å². The van der Waals surface area contributed by atoms with Crippen LogP contribution in [-0.2, 0) is 0 Å². The lowest BCUT2D eigenvalue weighted by Crippen LogP contribution is -2.26. The molecule has 0 fully saturated rings. The van der Waals surface area contributed by atoms with E-state index in [-0.39, 0.29) is 12.4 Å². The van der Waals surface area contributed by atoms with Crippen LogP contribution < -0.4 is 11.1 Å². The fraction of sp³-hybridized carbons (Fsp3) is 0.333. The summed E-state index contributed by atoms with van der Waals surface area (Å²) in [6.45, 7) is 0.255. The van der Waals surface area contributed by atoms with Gasteiger partial charge in [-0.1, -0.05) is 11.2 Å². The Hall–Kier alpha value is -2.18. The predicted molar refractivity (Wildman–Crippen MR) is 66.0 cm³/mol. The smallest absolute Gasteiger partial charge is 0.257 e. The molecule has 1 aromatic rings. The molecule has 0 saturated carbocycles. The molecule has 0 aliphatic carbocycles. The van der Waals surface area contributed by atoms with Crippen LogP contribution in [0.25, 0.3) is 0 Å². The van der Waals surface area contributed by atoms with Gasteiger partial charge in [0.1, 0.15) is 23.0 Å². The van der Waals surface area contributed by atoms with E-state index in [0.717, 1.165) is 12.1 Å². The van der Waals surface area contributed by atoms with Crippen molar-refractivity contribution in [3.63, 3.8) is 0 Å². The van der Waals surface area contributed by atoms with Gasteiger partial charge in [0.25, 0.3) is 5.91 Å². The lowest BCUT2D eigenvalue weighted by atomic mass is 10.1. The summed E-state index contributed by atoms with van der Waals surface area (Å²) in [5.74, 6) is -2.48. The van der Waals surface area contributed by atoms with Crippen molar-refractivity contribution in [2.24, 2.45) is 10.9 Å². The topological polar surface area (TPSA) is 87.7 Å². The second-order valence-corrected chi connectivity index (χ2v) is 3.90. The first-order valence-electron chi connectivity index (χ1n) is 5.75. The van der Waals surface area contributed by atoms with Gasteiger partial charge in [-0.15, -0.1) is 0 Å². The Morgan fingerprint density at radius 3 is 2.53 bits per heavy atom. The zero-order chi connectivity index (χ0) is 14.3. The van der Waals surface area contributed by atoms with Crippen LogP contribution in [-0.4, -0.2) is 23.5 Å². The molecule has 0 aromatic heterocycles. The summed E-state index contributed by atoms with van der Waals surface area (Å²) in [5.41, 5.74) is 4.67.